The molecule has 0 bridgehead atoms. The van der Waals surface area contributed by atoms with Gasteiger partial charge in [0.2, 0.25) is 0 Å². The summed E-state index contributed by atoms with van der Waals surface area (Å²) in [6, 6.07) is 15.2. The lowest BCUT2D eigenvalue weighted by Crippen LogP contribution is -2.34. The molecule has 1 fully saturated rings. The molecule has 0 saturated carbocycles. The lowest BCUT2D eigenvalue weighted by Gasteiger charge is -2.34. The van der Waals surface area contributed by atoms with Gasteiger partial charge in [0.25, 0.3) is 0 Å². The maximum Gasteiger partial charge on any atom is 0.161 e. The summed E-state index contributed by atoms with van der Waals surface area (Å²) in [4.78, 5) is 2.54. The number of hydrogen-bond donors (Lipinski definition) is 0. The fraction of sp³-hybridized carbons (Fsp3) is 0.478. The molecule has 0 amide bonds. The van der Waals surface area contributed by atoms with E-state index in [-0.39, 0.29) is 0 Å². The SMILES string of the molecule is COc1cc2c(cc1OC)CC(CC1CCN(c3ccccc3)CC1)C2. The number of piperidine rings is 1. The molecular weight excluding hydrogens is 322 g/mol. The van der Waals surface area contributed by atoms with Crippen molar-refractivity contribution in [2.24, 2.45) is 11.8 Å². The van der Waals surface area contributed by atoms with Crippen LogP contribution in [0.5, 0.6) is 11.5 Å². The second-order valence-corrected chi connectivity index (χ2v) is 7.75. The van der Waals surface area contributed by atoms with Crippen molar-refractivity contribution in [3.63, 3.8) is 0 Å². The molecule has 2 aromatic carbocycles. The van der Waals surface area contributed by atoms with Crippen LogP contribution in [0.4, 0.5) is 5.69 Å². The number of methoxy groups -OCH3 is 2. The van der Waals surface area contributed by atoms with Gasteiger partial charge in [0.15, 0.2) is 11.5 Å². The van der Waals surface area contributed by atoms with Gasteiger partial charge in [-0.3, -0.25) is 0 Å². The van der Waals surface area contributed by atoms with Crippen molar-refractivity contribution in [3.8, 4) is 11.5 Å². The quantitative estimate of drug-likeness (QED) is 0.778. The summed E-state index contributed by atoms with van der Waals surface area (Å²) in [6.45, 7) is 2.38. The molecule has 0 radical (unpaired) electrons. The molecule has 1 aliphatic heterocycles. The highest BCUT2D eigenvalue weighted by Crippen LogP contribution is 2.39. The highest BCUT2D eigenvalue weighted by Gasteiger charge is 2.28. The number of para-hydroxylation sites is 1. The second kappa shape index (κ2) is 7.61. The topological polar surface area (TPSA) is 21.7 Å². The number of nitrogens with zero attached hydrogens (tertiary/aromatic N) is 1. The molecule has 1 aliphatic carbocycles. The van der Waals surface area contributed by atoms with Crippen LogP contribution >= 0.6 is 0 Å². The van der Waals surface area contributed by atoms with E-state index in [9.17, 15) is 0 Å². The summed E-state index contributed by atoms with van der Waals surface area (Å²) in [5, 5.41) is 0. The number of rotatable bonds is 5. The van der Waals surface area contributed by atoms with Crippen LogP contribution in [-0.2, 0) is 12.8 Å². The Morgan fingerprint density at radius 3 is 1.96 bits per heavy atom. The van der Waals surface area contributed by atoms with Crippen LogP contribution in [0.1, 0.15) is 30.4 Å². The van der Waals surface area contributed by atoms with Gasteiger partial charge in [-0.25, -0.2) is 0 Å². The van der Waals surface area contributed by atoms with Crippen molar-refractivity contribution in [1.82, 2.24) is 0 Å². The number of ether oxygens (including phenoxy) is 2. The van der Waals surface area contributed by atoms with E-state index >= 15 is 0 Å². The van der Waals surface area contributed by atoms with Crippen molar-refractivity contribution < 1.29 is 9.47 Å². The number of fused-ring (bicyclic) bond motifs is 1. The van der Waals surface area contributed by atoms with Gasteiger partial charge in [0.05, 0.1) is 14.2 Å². The first kappa shape index (κ1) is 17.3. The molecule has 0 aromatic heterocycles. The van der Waals surface area contributed by atoms with E-state index in [1.165, 1.54) is 62.0 Å². The van der Waals surface area contributed by atoms with Crippen LogP contribution in [-0.4, -0.2) is 27.3 Å². The average molecular weight is 351 g/mol. The van der Waals surface area contributed by atoms with Gasteiger partial charge in [-0.05, 0) is 79.3 Å². The van der Waals surface area contributed by atoms with Crippen molar-refractivity contribution in [2.75, 3.05) is 32.2 Å². The highest BCUT2D eigenvalue weighted by atomic mass is 16.5. The van der Waals surface area contributed by atoms with Crippen LogP contribution in [0.2, 0.25) is 0 Å². The van der Waals surface area contributed by atoms with Crippen LogP contribution in [0.3, 0.4) is 0 Å². The van der Waals surface area contributed by atoms with Gasteiger partial charge in [-0.2, -0.15) is 0 Å². The molecule has 4 rings (SSSR count). The smallest absolute Gasteiger partial charge is 0.161 e. The molecule has 0 spiro atoms. The number of anilines is 1. The monoisotopic (exact) mass is 351 g/mol. The average Bonchev–Trinajstić information content (AvgIpc) is 3.09. The van der Waals surface area contributed by atoms with E-state index < -0.39 is 0 Å². The molecule has 138 valence electrons. The second-order valence-electron chi connectivity index (χ2n) is 7.75. The third-order valence-corrected chi connectivity index (χ3v) is 6.13. The zero-order valence-electron chi connectivity index (χ0n) is 15.9. The van der Waals surface area contributed by atoms with E-state index in [2.05, 4.69) is 47.4 Å². The van der Waals surface area contributed by atoms with Gasteiger partial charge < -0.3 is 14.4 Å². The normalized spacial score (nSPS) is 18.0. The van der Waals surface area contributed by atoms with Crippen molar-refractivity contribution in [1.29, 1.82) is 0 Å². The fourth-order valence-electron chi connectivity index (χ4n) is 4.74. The highest BCUT2D eigenvalue weighted by molar-refractivity contribution is 5.49. The predicted octanol–water partition coefficient (Wildman–Crippen LogP) is 4.73. The van der Waals surface area contributed by atoms with E-state index in [0.717, 1.165) is 23.3 Å². The minimum atomic E-state index is 0.773. The molecular formula is C23H29NO2. The Hall–Kier alpha value is -2.16. The minimum Gasteiger partial charge on any atom is -0.493 e. The maximum absolute atomic E-state index is 5.47. The van der Waals surface area contributed by atoms with E-state index in [1.807, 2.05) is 0 Å². The summed E-state index contributed by atoms with van der Waals surface area (Å²) in [5.74, 6) is 3.36. The van der Waals surface area contributed by atoms with E-state index in [0.29, 0.717) is 0 Å². The Morgan fingerprint density at radius 1 is 0.846 bits per heavy atom. The first-order chi connectivity index (χ1) is 12.8. The molecule has 2 aliphatic rings. The maximum atomic E-state index is 5.47. The Morgan fingerprint density at radius 2 is 1.42 bits per heavy atom. The van der Waals surface area contributed by atoms with Crippen LogP contribution < -0.4 is 14.4 Å². The van der Waals surface area contributed by atoms with E-state index in [1.54, 1.807) is 14.2 Å². The lowest BCUT2D eigenvalue weighted by molar-refractivity contribution is 0.320. The third-order valence-electron chi connectivity index (χ3n) is 6.13. The van der Waals surface area contributed by atoms with Crippen molar-refractivity contribution in [3.05, 3.63) is 53.6 Å². The Labute approximate surface area is 156 Å². The summed E-state index contributed by atoms with van der Waals surface area (Å²) in [6.07, 6.45) is 6.36. The summed E-state index contributed by atoms with van der Waals surface area (Å²) >= 11 is 0. The summed E-state index contributed by atoms with van der Waals surface area (Å²) < 4.78 is 10.9. The first-order valence-electron chi connectivity index (χ1n) is 9.80. The first-order valence-corrected chi connectivity index (χ1v) is 9.80. The fourth-order valence-corrected chi connectivity index (χ4v) is 4.74. The summed E-state index contributed by atoms with van der Waals surface area (Å²) in [7, 11) is 3.44. The van der Waals surface area contributed by atoms with Gasteiger partial charge in [0, 0.05) is 18.8 Å². The van der Waals surface area contributed by atoms with Gasteiger partial charge in [-0.1, -0.05) is 18.2 Å². The summed E-state index contributed by atoms with van der Waals surface area (Å²) in [5.41, 5.74) is 4.28. The van der Waals surface area contributed by atoms with Crippen molar-refractivity contribution >= 4 is 5.69 Å². The molecule has 26 heavy (non-hydrogen) atoms. The standard InChI is InChI=1S/C23H29NO2/c1-25-22-15-19-13-18(14-20(19)16-23(22)26-2)12-17-8-10-24(11-9-17)21-6-4-3-5-7-21/h3-7,15-18H,8-14H2,1-2H3. The molecule has 3 nitrogen and oxygen atoms in total. The van der Waals surface area contributed by atoms with Crippen LogP contribution in [0, 0.1) is 11.8 Å². The zero-order chi connectivity index (χ0) is 17.9. The molecule has 0 N–H and O–H groups in total. The largest absolute Gasteiger partial charge is 0.493 e. The van der Waals surface area contributed by atoms with Crippen LogP contribution in [0.25, 0.3) is 0 Å². The number of hydrogen-bond acceptors (Lipinski definition) is 3. The van der Waals surface area contributed by atoms with Crippen molar-refractivity contribution in [2.45, 2.75) is 32.1 Å². The predicted molar refractivity (Wildman–Crippen MR) is 106 cm³/mol. The van der Waals surface area contributed by atoms with Gasteiger partial charge >= 0.3 is 0 Å². The lowest BCUT2D eigenvalue weighted by atomic mass is 9.86. The third kappa shape index (κ3) is 3.53. The van der Waals surface area contributed by atoms with Crippen LogP contribution in [0.15, 0.2) is 42.5 Å². The zero-order valence-corrected chi connectivity index (χ0v) is 15.9. The van der Waals surface area contributed by atoms with Gasteiger partial charge in [0.1, 0.15) is 0 Å². The molecule has 2 aromatic rings. The molecule has 1 heterocycles. The van der Waals surface area contributed by atoms with Gasteiger partial charge in [-0.15, -0.1) is 0 Å². The Balaban J connectivity index is 1.33. The molecule has 3 heteroatoms. The minimum absolute atomic E-state index is 0.773. The molecule has 0 unspecified atom stereocenters. The number of benzene rings is 2. The molecule has 1 saturated heterocycles. The Bertz CT molecular complexity index is 702. The van der Waals surface area contributed by atoms with E-state index in [4.69, 9.17) is 9.47 Å². The molecule has 0 atom stereocenters. The Kier molecular flexibility index (Phi) is 5.05.